The van der Waals surface area contributed by atoms with E-state index in [2.05, 4.69) is 49.5 Å². The third-order valence-corrected chi connectivity index (χ3v) is 7.71. The standard InChI is InChI=1S/C32H29N7O2.2ClH/c33-31(40)29-7-4-14-38(29)19-25-10-13-30(41-25)22-8-11-27-26(16-22)32(35-20-34-27)37-24-9-12-28-23(15-24)17-36-39(28)18-21-5-2-1-3-6-21;;/h1-3,5-6,8-13,15-17,20,29H,4,7,14,18-19H2,(H2,33,40)(H,34,35,37);2*1H. The first-order valence-electron chi connectivity index (χ1n) is 13.7. The first-order valence-corrected chi connectivity index (χ1v) is 13.7. The summed E-state index contributed by atoms with van der Waals surface area (Å²) in [6, 6.07) is 26.2. The van der Waals surface area contributed by atoms with E-state index in [9.17, 15) is 4.79 Å². The molecule has 220 valence electrons. The molecule has 0 radical (unpaired) electrons. The van der Waals surface area contributed by atoms with E-state index < -0.39 is 0 Å². The van der Waals surface area contributed by atoms with Crippen LogP contribution in [0.2, 0.25) is 0 Å². The number of amides is 1. The lowest BCUT2D eigenvalue weighted by molar-refractivity contribution is -0.122. The molecule has 6 aromatic rings. The van der Waals surface area contributed by atoms with Crippen LogP contribution >= 0.6 is 24.8 Å². The summed E-state index contributed by atoms with van der Waals surface area (Å²) in [6.45, 7) is 2.11. The molecular formula is C32H31Cl2N7O2. The minimum atomic E-state index is -0.274. The fraction of sp³-hybridized carbons (Fsp3) is 0.188. The summed E-state index contributed by atoms with van der Waals surface area (Å²) in [4.78, 5) is 22.9. The lowest BCUT2D eigenvalue weighted by Gasteiger charge is -2.20. The molecule has 7 rings (SSSR count). The molecule has 0 aliphatic carbocycles. The number of furan rings is 1. The van der Waals surface area contributed by atoms with Crippen LogP contribution in [0, 0.1) is 0 Å². The van der Waals surface area contributed by atoms with Gasteiger partial charge >= 0.3 is 0 Å². The van der Waals surface area contributed by atoms with Crippen LogP contribution in [0.4, 0.5) is 11.5 Å². The van der Waals surface area contributed by atoms with Gasteiger partial charge in [0, 0.05) is 22.0 Å². The van der Waals surface area contributed by atoms with E-state index in [4.69, 9.17) is 10.2 Å². The molecule has 0 saturated carbocycles. The summed E-state index contributed by atoms with van der Waals surface area (Å²) < 4.78 is 8.21. The summed E-state index contributed by atoms with van der Waals surface area (Å²) in [7, 11) is 0. The zero-order valence-corrected chi connectivity index (χ0v) is 24.9. The van der Waals surface area contributed by atoms with Crippen molar-refractivity contribution in [1.29, 1.82) is 0 Å². The van der Waals surface area contributed by atoms with E-state index in [1.807, 2.05) is 65.5 Å². The highest BCUT2D eigenvalue weighted by molar-refractivity contribution is 5.94. The quantitative estimate of drug-likeness (QED) is 0.206. The number of aromatic nitrogens is 4. The maximum atomic E-state index is 11.8. The molecule has 1 saturated heterocycles. The van der Waals surface area contributed by atoms with Crippen molar-refractivity contribution >= 4 is 64.0 Å². The summed E-state index contributed by atoms with van der Waals surface area (Å²) in [5.41, 5.74) is 10.5. The summed E-state index contributed by atoms with van der Waals surface area (Å²) >= 11 is 0. The fourth-order valence-corrected chi connectivity index (χ4v) is 5.65. The molecule has 1 aliphatic rings. The average Bonchev–Trinajstić information content (AvgIpc) is 3.75. The number of anilines is 2. The number of nitrogens with one attached hydrogen (secondary N) is 1. The number of fused-ring (bicyclic) bond motifs is 2. The van der Waals surface area contributed by atoms with Crippen LogP contribution in [-0.4, -0.2) is 43.1 Å². The number of carbonyl (C=O) groups is 1. The topological polar surface area (TPSA) is 115 Å². The van der Waals surface area contributed by atoms with Gasteiger partial charge in [-0.1, -0.05) is 30.3 Å². The average molecular weight is 617 g/mol. The second-order valence-corrected chi connectivity index (χ2v) is 10.4. The number of hydrogen-bond acceptors (Lipinski definition) is 7. The number of nitrogens with two attached hydrogens (primary N) is 1. The minimum Gasteiger partial charge on any atom is -0.460 e. The molecule has 11 heteroatoms. The Kier molecular flexibility index (Phi) is 8.96. The van der Waals surface area contributed by atoms with Crippen molar-refractivity contribution in [1.82, 2.24) is 24.6 Å². The van der Waals surface area contributed by atoms with E-state index in [1.54, 1.807) is 6.33 Å². The minimum absolute atomic E-state index is 0. The van der Waals surface area contributed by atoms with Gasteiger partial charge in [-0.2, -0.15) is 5.10 Å². The zero-order chi connectivity index (χ0) is 27.8. The molecule has 1 atom stereocenters. The van der Waals surface area contributed by atoms with Gasteiger partial charge in [0.2, 0.25) is 5.91 Å². The molecular weight excluding hydrogens is 585 g/mol. The molecule has 3 aromatic heterocycles. The lowest BCUT2D eigenvalue weighted by atomic mass is 10.1. The summed E-state index contributed by atoms with van der Waals surface area (Å²) in [5.74, 6) is 1.99. The number of rotatable bonds is 8. The second-order valence-electron chi connectivity index (χ2n) is 10.4. The normalized spacial score (nSPS) is 14.8. The molecule has 1 aliphatic heterocycles. The van der Waals surface area contributed by atoms with Crippen molar-refractivity contribution in [3.8, 4) is 11.3 Å². The largest absolute Gasteiger partial charge is 0.460 e. The van der Waals surface area contributed by atoms with Crippen molar-refractivity contribution in [2.75, 3.05) is 11.9 Å². The number of nitrogens with zero attached hydrogens (tertiary/aromatic N) is 5. The highest BCUT2D eigenvalue weighted by Gasteiger charge is 2.29. The van der Waals surface area contributed by atoms with Gasteiger partial charge in [-0.15, -0.1) is 24.8 Å². The van der Waals surface area contributed by atoms with Crippen LogP contribution in [0.25, 0.3) is 33.1 Å². The van der Waals surface area contributed by atoms with Gasteiger partial charge in [-0.05, 0) is 73.5 Å². The molecule has 3 N–H and O–H groups in total. The molecule has 0 spiro atoms. The fourth-order valence-electron chi connectivity index (χ4n) is 5.65. The van der Waals surface area contributed by atoms with Crippen LogP contribution in [0.15, 0.2) is 95.8 Å². The van der Waals surface area contributed by atoms with Crippen LogP contribution in [-0.2, 0) is 17.9 Å². The number of carbonyl (C=O) groups excluding carboxylic acids is 1. The monoisotopic (exact) mass is 615 g/mol. The van der Waals surface area contributed by atoms with E-state index in [-0.39, 0.29) is 36.8 Å². The van der Waals surface area contributed by atoms with E-state index in [1.165, 1.54) is 5.56 Å². The van der Waals surface area contributed by atoms with Crippen LogP contribution in [0.3, 0.4) is 0 Å². The Hall–Kier alpha value is -4.44. The Balaban J connectivity index is 0.00000184. The molecule has 43 heavy (non-hydrogen) atoms. The zero-order valence-electron chi connectivity index (χ0n) is 23.2. The van der Waals surface area contributed by atoms with Crippen molar-refractivity contribution in [3.63, 3.8) is 0 Å². The van der Waals surface area contributed by atoms with E-state index >= 15 is 0 Å². The van der Waals surface area contributed by atoms with Gasteiger partial charge in [-0.3, -0.25) is 14.4 Å². The van der Waals surface area contributed by atoms with Gasteiger partial charge in [0.25, 0.3) is 0 Å². The van der Waals surface area contributed by atoms with Crippen molar-refractivity contribution in [3.05, 3.63) is 103 Å². The van der Waals surface area contributed by atoms with Crippen LogP contribution in [0.5, 0.6) is 0 Å². The van der Waals surface area contributed by atoms with E-state index in [0.717, 1.165) is 64.0 Å². The molecule has 0 bridgehead atoms. The Labute approximate surface area is 260 Å². The molecule has 1 unspecified atom stereocenters. The third kappa shape index (κ3) is 6.19. The maximum Gasteiger partial charge on any atom is 0.234 e. The molecule has 9 nitrogen and oxygen atoms in total. The van der Waals surface area contributed by atoms with Gasteiger partial charge in [0.05, 0.1) is 36.4 Å². The van der Waals surface area contributed by atoms with Crippen LogP contribution in [0.1, 0.15) is 24.2 Å². The SMILES string of the molecule is Cl.Cl.NC(=O)C1CCCN1Cc1ccc(-c2ccc3ncnc(Nc4ccc5c(cnn5Cc5ccccc5)c4)c3c2)o1. The van der Waals surface area contributed by atoms with Crippen molar-refractivity contribution in [2.45, 2.75) is 32.0 Å². The summed E-state index contributed by atoms with van der Waals surface area (Å²) in [6.07, 6.45) is 5.22. The number of hydrogen-bond donors (Lipinski definition) is 2. The second kappa shape index (κ2) is 12.8. The Bertz CT molecular complexity index is 1870. The molecule has 1 amide bonds. The third-order valence-electron chi connectivity index (χ3n) is 7.71. The smallest absolute Gasteiger partial charge is 0.234 e. The summed E-state index contributed by atoms with van der Waals surface area (Å²) in [5, 5.41) is 10.0. The maximum absolute atomic E-state index is 11.8. The number of halogens is 2. The van der Waals surface area contributed by atoms with Gasteiger partial charge in [0.15, 0.2) is 0 Å². The number of likely N-dealkylation sites (tertiary alicyclic amines) is 1. The Morgan fingerprint density at radius 1 is 0.977 bits per heavy atom. The van der Waals surface area contributed by atoms with Gasteiger partial charge in [0.1, 0.15) is 23.7 Å². The first-order chi connectivity index (χ1) is 20.1. The van der Waals surface area contributed by atoms with Gasteiger partial charge in [-0.25, -0.2) is 9.97 Å². The first kappa shape index (κ1) is 30.0. The molecule has 3 aromatic carbocycles. The highest BCUT2D eigenvalue weighted by atomic mass is 35.5. The van der Waals surface area contributed by atoms with Crippen molar-refractivity contribution < 1.29 is 9.21 Å². The predicted octanol–water partition coefficient (Wildman–Crippen LogP) is 6.32. The predicted molar refractivity (Wildman–Crippen MR) is 173 cm³/mol. The lowest BCUT2D eigenvalue weighted by Crippen LogP contribution is -2.39. The van der Waals surface area contributed by atoms with Crippen LogP contribution < -0.4 is 11.1 Å². The van der Waals surface area contributed by atoms with Crippen molar-refractivity contribution in [2.24, 2.45) is 5.73 Å². The highest BCUT2D eigenvalue weighted by Crippen LogP contribution is 2.31. The molecule has 1 fully saturated rings. The van der Waals surface area contributed by atoms with Gasteiger partial charge < -0.3 is 15.5 Å². The van der Waals surface area contributed by atoms with E-state index in [0.29, 0.717) is 18.9 Å². The molecule has 4 heterocycles. The Morgan fingerprint density at radius 3 is 2.67 bits per heavy atom. The Morgan fingerprint density at radius 2 is 1.84 bits per heavy atom. The number of benzene rings is 3. The number of primary amides is 1.